The second-order valence-corrected chi connectivity index (χ2v) is 8.35. The van der Waals surface area contributed by atoms with E-state index in [0.717, 1.165) is 5.56 Å². The number of anilines is 2. The molecule has 1 heterocycles. The normalized spacial score (nSPS) is 17.9. The first-order valence-corrected chi connectivity index (χ1v) is 11.1. The molecular formula is C26H24ClFN2O4. The zero-order valence-electron chi connectivity index (χ0n) is 18.8. The summed E-state index contributed by atoms with van der Waals surface area (Å²) in [6.45, 7) is 0. The first-order chi connectivity index (χ1) is 16.4. The van der Waals surface area contributed by atoms with E-state index in [2.05, 4.69) is 5.32 Å². The largest absolute Gasteiger partial charge is 0.497 e. The number of ether oxygens (including phenoxy) is 2. The Balaban J connectivity index is 1.72. The summed E-state index contributed by atoms with van der Waals surface area (Å²) in [6.07, 6.45) is 0.573. The molecule has 1 saturated heterocycles. The Kier molecular flexibility index (Phi) is 7.03. The van der Waals surface area contributed by atoms with Crippen LogP contribution < -0.4 is 19.7 Å². The predicted octanol–water partition coefficient (Wildman–Crippen LogP) is 5.62. The van der Waals surface area contributed by atoms with Crippen molar-refractivity contribution in [2.24, 2.45) is 5.92 Å². The minimum Gasteiger partial charge on any atom is -0.497 e. The number of hydrogen-bond acceptors (Lipinski definition) is 4. The van der Waals surface area contributed by atoms with E-state index in [1.165, 1.54) is 18.2 Å². The molecule has 0 bridgehead atoms. The highest BCUT2D eigenvalue weighted by atomic mass is 35.5. The van der Waals surface area contributed by atoms with Gasteiger partial charge in [-0.2, -0.15) is 0 Å². The van der Waals surface area contributed by atoms with Gasteiger partial charge in [-0.25, -0.2) is 4.39 Å². The lowest BCUT2D eigenvalue weighted by Gasteiger charge is -2.41. The summed E-state index contributed by atoms with van der Waals surface area (Å²) in [5.74, 6) is -0.156. The minimum absolute atomic E-state index is 0.0804. The van der Waals surface area contributed by atoms with E-state index in [1.54, 1.807) is 55.5 Å². The molecule has 0 spiro atoms. The van der Waals surface area contributed by atoms with Crippen LogP contribution in [0.3, 0.4) is 0 Å². The molecule has 6 nitrogen and oxygen atoms in total. The molecule has 1 N–H and O–H groups in total. The highest BCUT2D eigenvalue weighted by molar-refractivity contribution is 6.31. The van der Waals surface area contributed by atoms with Crippen molar-refractivity contribution in [1.29, 1.82) is 0 Å². The van der Waals surface area contributed by atoms with Gasteiger partial charge in [-0.3, -0.25) is 9.59 Å². The number of hydrogen-bond donors (Lipinski definition) is 1. The summed E-state index contributed by atoms with van der Waals surface area (Å²) in [7, 11) is 3.15. The van der Waals surface area contributed by atoms with Crippen LogP contribution in [0.5, 0.6) is 11.5 Å². The van der Waals surface area contributed by atoms with Crippen molar-refractivity contribution in [2.75, 3.05) is 24.4 Å². The van der Waals surface area contributed by atoms with Gasteiger partial charge in [0.15, 0.2) is 0 Å². The molecule has 0 aliphatic carbocycles. The van der Waals surface area contributed by atoms with Gasteiger partial charge in [-0.1, -0.05) is 23.7 Å². The summed E-state index contributed by atoms with van der Waals surface area (Å²) in [4.78, 5) is 28.2. The Hall–Kier alpha value is -3.58. The predicted molar refractivity (Wildman–Crippen MR) is 129 cm³/mol. The molecule has 2 amide bonds. The third kappa shape index (κ3) is 4.84. The van der Waals surface area contributed by atoms with Crippen LogP contribution in [0.2, 0.25) is 5.02 Å². The van der Waals surface area contributed by atoms with Gasteiger partial charge in [0.1, 0.15) is 17.3 Å². The van der Waals surface area contributed by atoms with Crippen molar-refractivity contribution in [3.8, 4) is 11.5 Å². The molecule has 2 atom stereocenters. The van der Waals surface area contributed by atoms with E-state index >= 15 is 0 Å². The smallest absolute Gasteiger partial charge is 0.229 e. The molecule has 8 heteroatoms. The first kappa shape index (κ1) is 23.6. The van der Waals surface area contributed by atoms with Gasteiger partial charge in [0.05, 0.1) is 31.2 Å². The number of nitrogens with one attached hydrogen (secondary N) is 1. The van der Waals surface area contributed by atoms with Gasteiger partial charge in [-0.05, 0) is 66.6 Å². The van der Waals surface area contributed by atoms with Gasteiger partial charge in [0.25, 0.3) is 0 Å². The molecular weight excluding hydrogens is 459 g/mol. The minimum atomic E-state index is -0.565. The first-order valence-electron chi connectivity index (χ1n) is 10.8. The summed E-state index contributed by atoms with van der Waals surface area (Å²) >= 11 is 5.88. The molecule has 1 aliphatic heterocycles. The van der Waals surface area contributed by atoms with Crippen LogP contribution in [0.1, 0.15) is 24.4 Å². The maximum atomic E-state index is 13.6. The van der Waals surface area contributed by atoms with Crippen LogP contribution >= 0.6 is 11.6 Å². The van der Waals surface area contributed by atoms with E-state index in [4.69, 9.17) is 21.1 Å². The molecule has 1 aliphatic rings. The number of rotatable bonds is 6. The average Bonchev–Trinajstić information content (AvgIpc) is 2.86. The third-order valence-electron chi connectivity index (χ3n) is 5.93. The average molecular weight is 483 g/mol. The molecule has 4 rings (SSSR count). The molecule has 2 unspecified atom stereocenters. The Bertz CT molecular complexity index is 1180. The highest BCUT2D eigenvalue weighted by Gasteiger charge is 2.41. The zero-order valence-corrected chi connectivity index (χ0v) is 19.5. The molecule has 1 fully saturated rings. The number of benzene rings is 3. The summed E-state index contributed by atoms with van der Waals surface area (Å²) < 4.78 is 24.1. The van der Waals surface area contributed by atoms with Crippen LogP contribution in [0.25, 0.3) is 0 Å². The quantitative estimate of drug-likeness (QED) is 0.495. The van der Waals surface area contributed by atoms with E-state index < -0.39 is 17.8 Å². The fourth-order valence-electron chi connectivity index (χ4n) is 4.21. The van der Waals surface area contributed by atoms with Crippen molar-refractivity contribution in [3.05, 3.63) is 83.1 Å². The van der Waals surface area contributed by atoms with E-state index in [0.29, 0.717) is 29.3 Å². The summed E-state index contributed by atoms with van der Waals surface area (Å²) in [5.41, 5.74) is 1.84. The van der Waals surface area contributed by atoms with Crippen molar-refractivity contribution >= 4 is 34.8 Å². The summed E-state index contributed by atoms with van der Waals surface area (Å²) in [6, 6.07) is 17.9. The maximum absolute atomic E-state index is 13.6. The molecule has 0 radical (unpaired) electrons. The summed E-state index contributed by atoms with van der Waals surface area (Å²) in [5, 5.41) is 2.75. The van der Waals surface area contributed by atoms with Crippen molar-refractivity contribution in [3.63, 3.8) is 0 Å². The van der Waals surface area contributed by atoms with Crippen molar-refractivity contribution in [1.82, 2.24) is 0 Å². The lowest BCUT2D eigenvalue weighted by molar-refractivity contribution is -0.125. The van der Waals surface area contributed by atoms with Gasteiger partial charge >= 0.3 is 0 Å². The van der Waals surface area contributed by atoms with Crippen LogP contribution in [-0.4, -0.2) is 26.0 Å². The fraction of sp³-hybridized carbons (Fsp3) is 0.231. The lowest BCUT2D eigenvalue weighted by Crippen LogP contribution is -2.46. The van der Waals surface area contributed by atoms with Crippen LogP contribution in [-0.2, 0) is 9.59 Å². The second kappa shape index (κ2) is 10.1. The Morgan fingerprint density at radius 1 is 1.00 bits per heavy atom. The molecule has 0 saturated carbocycles. The topological polar surface area (TPSA) is 67.9 Å². The fourth-order valence-corrected chi connectivity index (χ4v) is 4.39. The Morgan fingerprint density at radius 2 is 1.62 bits per heavy atom. The van der Waals surface area contributed by atoms with Crippen LogP contribution in [0, 0.1) is 11.7 Å². The number of carbonyl (C=O) groups is 2. The van der Waals surface area contributed by atoms with E-state index in [1.807, 2.05) is 12.1 Å². The molecule has 3 aromatic carbocycles. The highest BCUT2D eigenvalue weighted by Crippen LogP contribution is 2.41. The number of amides is 2. The number of halogens is 2. The molecule has 3 aromatic rings. The lowest BCUT2D eigenvalue weighted by atomic mass is 9.83. The number of methoxy groups -OCH3 is 2. The second-order valence-electron chi connectivity index (χ2n) is 7.94. The SMILES string of the molecule is COc1ccc(C2C(C(=O)Nc3ccc(F)c(Cl)c3)CCC(=O)N2c2ccc(OC)cc2)cc1. The van der Waals surface area contributed by atoms with Crippen molar-refractivity contribution < 1.29 is 23.5 Å². The maximum Gasteiger partial charge on any atom is 0.229 e. The van der Waals surface area contributed by atoms with Gasteiger partial charge in [-0.15, -0.1) is 0 Å². The monoisotopic (exact) mass is 482 g/mol. The molecule has 0 aromatic heterocycles. The van der Waals surface area contributed by atoms with Gasteiger partial charge in [0, 0.05) is 17.8 Å². The molecule has 34 heavy (non-hydrogen) atoms. The van der Waals surface area contributed by atoms with E-state index in [9.17, 15) is 14.0 Å². The standard InChI is InChI=1S/C26H24ClFN2O4/c1-33-19-8-3-16(4-9-19)25-21(26(32)29-17-5-13-23(28)22(27)15-17)12-14-24(31)30(25)18-6-10-20(34-2)11-7-18/h3-11,13,15,21,25H,12,14H2,1-2H3,(H,29,32). The molecule has 176 valence electrons. The number of piperidine rings is 1. The van der Waals surface area contributed by atoms with Gasteiger partial charge in [0.2, 0.25) is 11.8 Å². The van der Waals surface area contributed by atoms with Gasteiger partial charge < -0.3 is 19.7 Å². The number of nitrogens with zero attached hydrogens (tertiary/aromatic N) is 1. The van der Waals surface area contributed by atoms with E-state index in [-0.39, 0.29) is 23.3 Å². The zero-order chi connectivity index (χ0) is 24.2. The van der Waals surface area contributed by atoms with Crippen LogP contribution in [0.4, 0.5) is 15.8 Å². The number of carbonyl (C=O) groups excluding carboxylic acids is 2. The van der Waals surface area contributed by atoms with Crippen LogP contribution in [0.15, 0.2) is 66.7 Å². The Labute approximate surface area is 202 Å². The third-order valence-corrected chi connectivity index (χ3v) is 6.22. The Morgan fingerprint density at radius 3 is 2.21 bits per heavy atom. The van der Waals surface area contributed by atoms with Crippen molar-refractivity contribution in [2.45, 2.75) is 18.9 Å².